The predicted octanol–water partition coefficient (Wildman–Crippen LogP) is 1.33. The van der Waals surface area contributed by atoms with Crippen molar-refractivity contribution in [2.24, 2.45) is 0 Å². The van der Waals surface area contributed by atoms with Crippen LogP contribution in [0.25, 0.3) is 0 Å². The maximum Gasteiger partial charge on any atom is 0.348 e. The smallest absolute Gasteiger partial charge is 0.348 e. The number of ether oxygens (including phenoxy) is 2. The summed E-state index contributed by atoms with van der Waals surface area (Å²) in [4.78, 5) is 23.0. The lowest BCUT2D eigenvalue weighted by atomic mass is 10.2. The molecule has 0 saturated carbocycles. The van der Waals surface area contributed by atoms with Gasteiger partial charge in [-0.1, -0.05) is 0 Å². The Morgan fingerprint density at radius 2 is 1.31 bits per heavy atom. The molecule has 1 heterocycles. The Balaban J connectivity index is 2.43. The molecule has 0 amide bonds. The highest BCUT2D eigenvalue weighted by atomic mass is 32.2. The number of hydrogen-bond acceptors (Lipinski definition) is 6. The molecule has 16 heavy (non-hydrogen) atoms. The third-order valence-electron chi connectivity index (χ3n) is 2.21. The third-order valence-corrected chi connectivity index (χ3v) is 3.50. The van der Waals surface area contributed by atoms with E-state index < -0.39 is 24.1 Å². The van der Waals surface area contributed by atoms with E-state index in [-0.39, 0.29) is 0 Å². The van der Waals surface area contributed by atoms with Crippen LogP contribution in [0.3, 0.4) is 0 Å². The van der Waals surface area contributed by atoms with E-state index in [1.807, 2.05) is 12.5 Å². The number of rotatable bonds is 6. The van der Waals surface area contributed by atoms with Crippen LogP contribution in [0.4, 0.5) is 0 Å². The van der Waals surface area contributed by atoms with Gasteiger partial charge in [-0.15, -0.1) is 0 Å². The number of thioether (sulfide) groups is 2. The lowest BCUT2D eigenvalue weighted by Crippen LogP contribution is -2.44. The van der Waals surface area contributed by atoms with Crippen LogP contribution in [0.15, 0.2) is 0 Å². The van der Waals surface area contributed by atoms with Gasteiger partial charge in [0.2, 0.25) is 0 Å². The monoisotopic (exact) mass is 264 g/mol. The first-order chi connectivity index (χ1) is 7.69. The minimum absolute atomic E-state index is 0.403. The molecule has 0 N–H and O–H groups in total. The average molecular weight is 264 g/mol. The summed E-state index contributed by atoms with van der Waals surface area (Å²) in [5.74, 6) is 0.755. The quantitative estimate of drug-likeness (QED) is 0.675. The van der Waals surface area contributed by atoms with Crippen LogP contribution in [-0.2, 0) is 19.1 Å². The Labute approximate surface area is 104 Å². The van der Waals surface area contributed by atoms with Crippen molar-refractivity contribution in [3.63, 3.8) is 0 Å². The van der Waals surface area contributed by atoms with E-state index in [0.717, 1.165) is 11.5 Å². The van der Waals surface area contributed by atoms with Crippen LogP contribution in [0.5, 0.6) is 0 Å². The molecule has 0 radical (unpaired) electrons. The van der Waals surface area contributed by atoms with Crippen molar-refractivity contribution >= 4 is 35.5 Å². The van der Waals surface area contributed by atoms with Gasteiger partial charge in [0, 0.05) is 12.8 Å². The second-order valence-electron chi connectivity index (χ2n) is 3.41. The molecular weight excluding hydrogens is 248 g/mol. The van der Waals surface area contributed by atoms with Crippen molar-refractivity contribution in [3.8, 4) is 0 Å². The van der Waals surface area contributed by atoms with E-state index in [1.54, 1.807) is 23.5 Å². The van der Waals surface area contributed by atoms with Crippen LogP contribution in [0, 0.1) is 0 Å². The topological polar surface area (TPSA) is 52.6 Å². The van der Waals surface area contributed by atoms with E-state index >= 15 is 0 Å². The number of carbonyl (C=O) groups is 2. The molecule has 0 spiro atoms. The van der Waals surface area contributed by atoms with Crippen molar-refractivity contribution < 1.29 is 19.1 Å². The molecular formula is C10H16O4S2. The largest absolute Gasteiger partial charge is 0.448 e. The highest BCUT2D eigenvalue weighted by Gasteiger charge is 2.37. The summed E-state index contributed by atoms with van der Waals surface area (Å²) in [5.41, 5.74) is 0. The minimum atomic E-state index is -0.703. The molecule has 1 aliphatic heterocycles. The van der Waals surface area contributed by atoms with Gasteiger partial charge in [0.05, 0.1) is 0 Å². The van der Waals surface area contributed by atoms with E-state index in [4.69, 9.17) is 9.47 Å². The predicted molar refractivity (Wildman–Crippen MR) is 65.8 cm³/mol. The van der Waals surface area contributed by atoms with E-state index in [0.29, 0.717) is 12.8 Å². The Bertz CT molecular complexity index is 231. The van der Waals surface area contributed by atoms with Gasteiger partial charge in [-0.3, -0.25) is 0 Å². The molecule has 1 fully saturated rings. The Hall–Kier alpha value is -0.360. The molecule has 0 aliphatic carbocycles. The minimum Gasteiger partial charge on any atom is -0.448 e. The first kappa shape index (κ1) is 13.7. The van der Waals surface area contributed by atoms with Gasteiger partial charge in [0.1, 0.15) is 0 Å². The van der Waals surface area contributed by atoms with Gasteiger partial charge in [0.25, 0.3) is 0 Å². The van der Waals surface area contributed by atoms with Gasteiger partial charge in [-0.2, -0.15) is 23.5 Å². The zero-order valence-corrected chi connectivity index (χ0v) is 11.1. The lowest BCUT2D eigenvalue weighted by Gasteiger charge is -2.27. The summed E-state index contributed by atoms with van der Waals surface area (Å²) in [6, 6.07) is 0. The summed E-state index contributed by atoms with van der Waals surface area (Å²) in [6.07, 6.45) is 3.53. The number of esters is 2. The molecule has 0 aromatic carbocycles. The molecule has 2 atom stereocenters. The van der Waals surface area contributed by atoms with Crippen LogP contribution in [0.2, 0.25) is 0 Å². The fraction of sp³-hybridized carbons (Fsp3) is 0.800. The van der Waals surface area contributed by atoms with Crippen molar-refractivity contribution in [3.05, 3.63) is 0 Å². The third kappa shape index (κ3) is 3.90. The Morgan fingerprint density at radius 1 is 0.938 bits per heavy atom. The molecule has 1 aliphatic rings. The molecule has 92 valence electrons. The summed E-state index contributed by atoms with van der Waals surface area (Å²) in [6.45, 7) is 0. The maximum absolute atomic E-state index is 11.5. The number of hydrogen-bond donors (Lipinski definition) is 0. The number of cyclic esters (lactones) is 2. The second-order valence-corrected chi connectivity index (χ2v) is 5.39. The van der Waals surface area contributed by atoms with Gasteiger partial charge in [0.15, 0.2) is 12.2 Å². The molecule has 1 saturated heterocycles. The van der Waals surface area contributed by atoms with E-state index in [2.05, 4.69) is 0 Å². The summed E-state index contributed by atoms with van der Waals surface area (Å²) in [5, 5.41) is 0. The Morgan fingerprint density at radius 3 is 1.62 bits per heavy atom. The van der Waals surface area contributed by atoms with Crippen LogP contribution >= 0.6 is 23.5 Å². The molecule has 0 aromatic rings. The van der Waals surface area contributed by atoms with E-state index in [1.165, 1.54) is 0 Å². The molecule has 1 rings (SSSR count). The normalized spacial score (nSPS) is 25.1. The molecule has 4 nitrogen and oxygen atoms in total. The zero-order chi connectivity index (χ0) is 12.0. The summed E-state index contributed by atoms with van der Waals surface area (Å²) < 4.78 is 10.1. The van der Waals surface area contributed by atoms with Gasteiger partial charge in [-0.25, -0.2) is 9.59 Å². The van der Waals surface area contributed by atoms with Crippen molar-refractivity contribution in [1.82, 2.24) is 0 Å². The number of carbonyl (C=O) groups excluding carboxylic acids is 2. The van der Waals surface area contributed by atoms with Crippen molar-refractivity contribution in [2.45, 2.75) is 25.0 Å². The van der Waals surface area contributed by atoms with E-state index in [9.17, 15) is 9.59 Å². The van der Waals surface area contributed by atoms with Crippen LogP contribution in [0.1, 0.15) is 12.8 Å². The van der Waals surface area contributed by atoms with Gasteiger partial charge < -0.3 is 9.47 Å². The molecule has 6 heteroatoms. The lowest BCUT2D eigenvalue weighted by molar-refractivity contribution is -0.195. The van der Waals surface area contributed by atoms with Crippen molar-refractivity contribution in [1.29, 1.82) is 0 Å². The Kier molecular flexibility index (Phi) is 6.05. The van der Waals surface area contributed by atoms with Crippen LogP contribution in [-0.4, -0.2) is 48.2 Å². The molecule has 0 unspecified atom stereocenters. The average Bonchev–Trinajstić information content (AvgIpc) is 2.28. The zero-order valence-electron chi connectivity index (χ0n) is 9.43. The maximum atomic E-state index is 11.5. The summed E-state index contributed by atoms with van der Waals surface area (Å²) in [7, 11) is 0. The molecule has 0 aromatic heterocycles. The van der Waals surface area contributed by atoms with Gasteiger partial charge >= 0.3 is 11.9 Å². The standard InChI is InChI=1S/C10H16O4S2/c1-15-5-3-7-9(11)14-8(4-6-16-2)10(12)13-7/h7-8H,3-6H2,1-2H3/t7-,8-/m1/s1. The van der Waals surface area contributed by atoms with Crippen LogP contribution < -0.4 is 0 Å². The first-order valence-electron chi connectivity index (χ1n) is 5.08. The second kappa shape index (κ2) is 7.06. The van der Waals surface area contributed by atoms with Gasteiger partial charge in [-0.05, 0) is 24.0 Å². The fourth-order valence-corrected chi connectivity index (χ4v) is 2.23. The first-order valence-corrected chi connectivity index (χ1v) is 7.86. The highest BCUT2D eigenvalue weighted by molar-refractivity contribution is 7.98. The highest BCUT2D eigenvalue weighted by Crippen LogP contribution is 2.18. The summed E-state index contributed by atoms with van der Waals surface area (Å²) >= 11 is 3.22. The SMILES string of the molecule is CSCC[C@H]1OC(=O)[C@@H](CCSC)OC1=O. The molecule has 0 bridgehead atoms. The van der Waals surface area contributed by atoms with Crippen molar-refractivity contribution in [2.75, 3.05) is 24.0 Å². The fourth-order valence-electron chi connectivity index (χ4n) is 1.33.